The van der Waals surface area contributed by atoms with Crippen molar-refractivity contribution in [3.8, 4) is 21.1 Å². The number of nitrogens with zero attached hydrogens (tertiary/aromatic N) is 1. The Kier molecular flexibility index (Phi) is 5.57. The average molecular weight is 393 g/mol. The largest absolute Gasteiger partial charge is 0.341 e. The van der Waals surface area contributed by atoms with Crippen LogP contribution in [0.1, 0.15) is 6.92 Å². The van der Waals surface area contributed by atoms with Gasteiger partial charge in [0.15, 0.2) is 5.16 Å². The standard InChI is InChI=1S/C16H16N4O2S3/c1-9(14(21)20-15(22)17-2)25-16-18-12(10-5-3-7-23-10)13(19-16)11-6-4-8-24-11/h3-9H,1-2H3,(H,18,19)(H2,17,20,21,22). The van der Waals surface area contributed by atoms with E-state index in [0.29, 0.717) is 5.16 Å². The number of urea groups is 1. The summed E-state index contributed by atoms with van der Waals surface area (Å²) in [4.78, 5) is 33.5. The molecule has 0 radical (unpaired) electrons. The number of carbonyl (C=O) groups excluding carboxylic acids is 2. The van der Waals surface area contributed by atoms with Gasteiger partial charge in [-0.1, -0.05) is 23.9 Å². The summed E-state index contributed by atoms with van der Waals surface area (Å²) < 4.78 is 0. The molecule has 9 heteroatoms. The Bertz CT molecular complexity index is 804. The molecule has 1 atom stereocenters. The molecule has 3 amide bonds. The molecule has 25 heavy (non-hydrogen) atoms. The van der Waals surface area contributed by atoms with Crippen LogP contribution >= 0.6 is 34.4 Å². The normalized spacial score (nSPS) is 11.9. The molecule has 0 aromatic carbocycles. The van der Waals surface area contributed by atoms with Crippen LogP contribution in [0.4, 0.5) is 4.79 Å². The van der Waals surface area contributed by atoms with Crippen LogP contribution in [0.5, 0.6) is 0 Å². The summed E-state index contributed by atoms with van der Waals surface area (Å²) in [5.74, 6) is -0.365. The molecule has 0 saturated carbocycles. The Morgan fingerprint density at radius 3 is 2.48 bits per heavy atom. The first-order chi connectivity index (χ1) is 12.1. The van der Waals surface area contributed by atoms with E-state index in [2.05, 4.69) is 20.6 Å². The first kappa shape index (κ1) is 17.7. The van der Waals surface area contributed by atoms with Gasteiger partial charge in [0.25, 0.3) is 0 Å². The molecule has 0 aliphatic carbocycles. The van der Waals surface area contributed by atoms with Gasteiger partial charge in [-0.15, -0.1) is 22.7 Å². The lowest BCUT2D eigenvalue weighted by Crippen LogP contribution is -2.41. The highest BCUT2D eigenvalue weighted by Gasteiger charge is 2.21. The number of carbonyl (C=O) groups is 2. The van der Waals surface area contributed by atoms with Crippen LogP contribution in [-0.4, -0.2) is 34.2 Å². The minimum atomic E-state index is -0.518. The van der Waals surface area contributed by atoms with Crippen molar-refractivity contribution in [3.63, 3.8) is 0 Å². The maximum absolute atomic E-state index is 12.0. The van der Waals surface area contributed by atoms with Crippen LogP contribution in [0.2, 0.25) is 0 Å². The number of aromatic amines is 1. The number of H-pyrrole nitrogens is 1. The van der Waals surface area contributed by atoms with E-state index in [1.165, 1.54) is 18.8 Å². The number of amides is 3. The SMILES string of the molecule is CNC(=O)NC(=O)C(C)Sc1nc(-c2cccs2)c(-c2cccs2)[nH]1. The van der Waals surface area contributed by atoms with Crippen molar-refractivity contribution in [2.24, 2.45) is 0 Å². The van der Waals surface area contributed by atoms with E-state index in [4.69, 9.17) is 0 Å². The summed E-state index contributed by atoms with van der Waals surface area (Å²) >= 11 is 4.53. The third kappa shape index (κ3) is 4.12. The molecule has 3 N–H and O–H groups in total. The van der Waals surface area contributed by atoms with Crippen LogP contribution in [0, 0.1) is 0 Å². The molecule has 3 aromatic heterocycles. The van der Waals surface area contributed by atoms with E-state index in [0.717, 1.165) is 21.1 Å². The summed E-state index contributed by atoms with van der Waals surface area (Å²) in [6.07, 6.45) is 0. The molecular formula is C16H16N4O2S3. The summed E-state index contributed by atoms with van der Waals surface area (Å²) in [5, 5.41) is 8.85. The van der Waals surface area contributed by atoms with Gasteiger partial charge in [0, 0.05) is 7.05 Å². The second kappa shape index (κ2) is 7.85. The highest BCUT2D eigenvalue weighted by Crippen LogP contribution is 2.37. The van der Waals surface area contributed by atoms with Crippen molar-refractivity contribution in [1.29, 1.82) is 0 Å². The summed E-state index contributed by atoms with van der Waals surface area (Å²) in [5.41, 5.74) is 1.82. The van der Waals surface area contributed by atoms with E-state index in [9.17, 15) is 9.59 Å². The number of nitrogens with one attached hydrogen (secondary N) is 3. The van der Waals surface area contributed by atoms with Crippen LogP contribution < -0.4 is 10.6 Å². The molecule has 0 bridgehead atoms. The zero-order chi connectivity index (χ0) is 17.8. The lowest BCUT2D eigenvalue weighted by atomic mass is 10.2. The highest BCUT2D eigenvalue weighted by molar-refractivity contribution is 8.00. The second-order valence-corrected chi connectivity index (χ2v) is 8.27. The number of thiophene rings is 2. The number of rotatable bonds is 5. The Labute approximate surface area is 157 Å². The van der Waals surface area contributed by atoms with E-state index in [-0.39, 0.29) is 5.91 Å². The molecule has 130 valence electrons. The van der Waals surface area contributed by atoms with Crippen molar-refractivity contribution in [2.75, 3.05) is 7.05 Å². The molecule has 0 fully saturated rings. The van der Waals surface area contributed by atoms with Gasteiger partial charge in [-0.2, -0.15) is 0 Å². The number of aromatic nitrogens is 2. The maximum Gasteiger partial charge on any atom is 0.321 e. The molecule has 0 spiro atoms. The summed E-state index contributed by atoms with van der Waals surface area (Å²) in [6.45, 7) is 1.74. The van der Waals surface area contributed by atoms with E-state index in [1.54, 1.807) is 29.6 Å². The Morgan fingerprint density at radius 1 is 1.20 bits per heavy atom. The lowest BCUT2D eigenvalue weighted by molar-refractivity contribution is -0.119. The predicted octanol–water partition coefficient (Wildman–Crippen LogP) is 3.80. The van der Waals surface area contributed by atoms with Crippen LogP contribution in [0.15, 0.2) is 40.2 Å². The molecule has 3 rings (SSSR count). The van der Waals surface area contributed by atoms with Gasteiger partial charge in [0.05, 0.1) is 20.7 Å². The average Bonchev–Trinajstić information content (AvgIpc) is 3.34. The number of imidazole rings is 1. The number of hydrogen-bond donors (Lipinski definition) is 3. The van der Waals surface area contributed by atoms with Gasteiger partial charge < -0.3 is 10.3 Å². The number of hydrogen-bond acceptors (Lipinski definition) is 6. The zero-order valence-electron chi connectivity index (χ0n) is 13.5. The molecule has 6 nitrogen and oxygen atoms in total. The summed E-state index contributed by atoms with van der Waals surface area (Å²) in [6, 6.07) is 7.51. The molecule has 0 aliphatic heterocycles. The first-order valence-electron chi connectivity index (χ1n) is 7.45. The maximum atomic E-state index is 12.0. The smallest absolute Gasteiger partial charge is 0.321 e. The van der Waals surface area contributed by atoms with Crippen molar-refractivity contribution in [2.45, 2.75) is 17.3 Å². The van der Waals surface area contributed by atoms with Crippen molar-refractivity contribution < 1.29 is 9.59 Å². The minimum absolute atomic E-state index is 0.365. The third-order valence-electron chi connectivity index (χ3n) is 3.33. The Hall–Kier alpha value is -2.10. The van der Waals surface area contributed by atoms with Crippen molar-refractivity contribution >= 4 is 46.4 Å². The zero-order valence-corrected chi connectivity index (χ0v) is 16.0. The second-order valence-electron chi connectivity index (χ2n) is 5.05. The quantitative estimate of drug-likeness (QED) is 0.576. The fourth-order valence-corrected chi connectivity index (χ4v) is 4.35. The molecule has 3 aromatic rings. The van der Waals surface area contributed by atoms with Gasteiger partial charge in [-0.05, 0) is 29.8 Å². The summed E-state index contributed by atoms with van der Waals surface area (Å²) in [7, 11) is 1.47. The van der Waals surface area contributed by atoms with E-state index >= 15 is 0 Å². The van der Waals surface area contributed by atoms with Gasteiger partial charge in [-0.3, -0.25) is 10.1 Å². The van der Waals surface area contributed by atoms with Gasteiger partial charge >= 0.3 is 6.03 Å². The fraction of sp³-hybridized carbons (Fsp3) is 0.188. The minimum Gasteiger partial charge on any atom is -0.341 e. The van der Waals surface area contributed by atoms with Gasteiger partial charge in [-0.25, -0.2) is 9.78 Å². The Balaban J connectivity index is 1.84. The van der Waals surface area contributed by atoms with Crippen molar-refractivity contribution in [1.82, 2.24) is 20.6 Å². The van der Waals surface area contributed by atoms with E-state index < -0.39 is 11.3 Å². The van der Waals surface area contributed by atoms with Crippen LogP contribution in [-0.2, 0) is 4.79 Å². The third-order valence-corrected chi connectivity index (χ3v) is 6.07. The monoisotopic (exact) mass is 392 g/mol. The molecule has 0 saturated heterocycles. The van der Waals surface area contributed by atoms with Gasteiger partial charge in [0.1, 0.15) is 5.69 Å². The predicted molar refractivity (Wildman–Crippen MR) is 103 cm³/mol. The molecular weight excluding hydrogens is 376 g/mol. The first-order valence-corrected chi connectivity index (χ1v) is 10.1. The number of thioether (sulfide) groups is 1. The topological polar surface area (TPSA) is 86.9 Å². The lowest BCUT2D eigenvalue weighted by Gasteiger charge is -2.08. The Morgan fingerprint density at radius 2 is 1.88 bits per heavy atom. The van der Waals surface area contributed by atoms with Crippen LogP contribution in [0.25, 0.3) is 21.1 Å². The van der Waals surface area contributed by atoms with E-state index in [1.807, 2.05) is 35.0 Å². The van der Waals surface area contributed by atoms with Crippen LogP contribution in [0.3, 0.4) is 0 Å². The fourth-order valence-electron chi connectivity index (χ4n) is 2.10. The highest BCUT2D eigenvalue weighted by atomic mass is 32.2. The number of imide groups is 1. The molecule has 1 unspecified atom stereocenters. The van der Waals surface area contributed by atoms with Gasteiger partial charge in [0.2, 0.25) is 5.91 Å². The molecule has 3 heterocycles. The van der Waals surface area contributed by atoms with Crippen molar-refractivity contribution in [3.05, 3.63) is 35.0 Å². The molecule has 0 aliphatic rings.